The van der Waals surface area contributed by atoms with E-state index in [0.29, 0.717) is 25.6 Å². The summed E-state index contributed by atoms with van der Waals surface area (Å²) in [4.78, 5) is 32.8. The van der Waals surface area contributed by atoms with Gasteiger partial charge in [-0.3, -0.25) is 9.59 Å². The van der Waals surface area contributed by atoms with Crippen LogP contribution < -0.4 is 10.6 Å². The fraction of sp³-hybridized carbons (Fsp3) is 0.625. The van der Waals surface area contributed by atoms with Crippen molar-refractivity contribution < 1.29 is 9.59 Å². The average Bonchev–Trinajstić information content (AvgIpc) is 3.16. The number of guanidine groups is 1. The largest absolute Gasteiger partial charge is 0.357 e. The van der Waals surface area contributed by atoms with E-state index < -0.39 is 0 Å². The molecule has 0 radical (unpaired) electrons. The number of benzene rings is 1. The van der Waals surface area contributed by atoms with Crippen molar-refractivity contribution in [2.24, 2.45) is 10.9 Å². The molecule has 2 saturated heterocycles. The molecule has 0 saturated carbocycles. The normalized spacial score (nSPS) is 18.1. The lowest BCUT2D eigenvalue weighted by molar-refractivity contribution is -0.135. The van der Waals surface area contributed by atoms with E-state index in [1.54, 1.807) is 0 Å². The van der Waals surface area contributed by atoms with Crippen molar-refractivity contribution in [3.63, 3.8) is 0 Å². The van der Waals surface area contributed by atoms with Gasteiger partial charge in [0.2, 0.25) is 11.8 Å². The Hall–Kier alpha value is -2.57. The third-order valence-electron chi connectivity index (χ3n) is 5.94. The summed E-state index contributed by atoms with van der Waals surface area (Å²) in [6.07, 6.45) is 3.50. The van der Waals surface area contributed by atoms with Gasteiger partial charge in [-0.05, 0) is 37.3 Å². The zero-order chi connectivity index (χ0) is 22.2. The summed E-state index contributed by atoms with van der Waals surface area (Å²) in [5.74, 6) is 1.37. The molecular weight excluding hydrogens is 390 g/mol. The molecular formula is C24H37N5O2. The highest BCUT2D eigenvalue weighted by Gasteiger charge is 2.24. The number of likely N-dealkylation sites (tertiary alicyclic amines) is 2. The second-order valence-electron chi connectivity index (χ2n) is 8.83. The van der Waals surface area contributed by atoms with Gasteiger partial charge in [-0.25, -0.2) is 4.99 Å². The number of piperidine rings is 1. The number of carbonyl (C=O) groups excluding carboxylic acids is 2. The molecule has 2 N–H and O–H groups in total. The van der Waals surface area contributed by atoms with Gasteiger partial charge in [-0.2, -0.15) is 0 Å². The third kappa shape index (κ3) is 6.71. The maximum Gasteiger partial charge on any atom is 0.225 e. The average molecular weight is 428 g/mol. The Morgan fingerprint density at radius 2 is 1.94 bits per heavy atom. The first-order valence-electron chi connectivity index (χ1n) is 11.7. The van der Waals surface area contributed by atoms with Crippen LogP contribution in [0, 0.1) is 5.92 Å². The van der Waals surface area contributed by atoms with Crippen LogP contribution in [0.25, 0.3) is 0 Å². The first-order valence-corrected chi connectivity index (χ1v) is 11.7. The van der Waals surface area contributed by atoms with E-state index in [1.165, 1.54) is 0 Å². The summed E-state index contributed by atoms with van der Waals surface area (Å²) in [5, 5.41) is 6.88. The fourth-order valence-corrected chi connectivity index (χ4v) is 4.21. The molecule has 170 valence electrons. The minimum absolute atomic E-state index is 0.0581. The minimum Gasteiger partial charge on any atom is -0.357 e. The standard InChI is InChI=1S/C24H37N5O2/c1-4-25-24(27-21-10-13-28(14-11-21)23(31)18(2)3)26-16-19-7-5-8-20(15-19)17-29-12-6-9-22(29)30/h5,7-8,15,18,21H,4,6,9-14,16-17H2,1-3H3,(H2,25,26,27). The van der Waals surface area contributed by atoms with Gasteiger partial charge >= 0.3 is 0 Å². The van der Waals surface area contributed by atoms with Crippen LogP contribution in [-0.2, 0) is 22.7 Å². The second-order valence-corrected chi connectivity index (χ2v) is 8.83. The van der Waals surface area contributed by atoms with Gasteiger partial charge in [0.05, 0.1) is 6.54 Å². The van der Waals surface area contributed by atoms with Crippen LogP contribution in [0.4, 0.5) is 0 Å². The highest BCUT2D eigenvalue weighted by molar-refractivity contribution is 5.80. The molecule has 0 aromatic heterocycles. The maximum absolute atomic E-state index is 12.2. The quantitative estimate of drug-likeness (QED) is 0.518. The van der Waals surface area contributed by atoms with Crippen molar-refractivity contribution in [3.8, 4) is 0 Å². The summed E-state index contributed by atoms with van der Waals surface area (Å²) in [6, 6.07) is 8.67. The van der Waals surface area contributed by atoms with Crippen molar-refractivity contribution in [2.75, 3.05) is 26.2 Å². The molecule has 2 aliphatic rings. The monoisotopic (exact) mass is 427 g/mol. The van der Waals surface area contributed by atoms with Crippen LogP contribution >= 0.6 is 0 Å². The summed E-state index contributed by atoms with van der Waals surface area (Å²) in [7, 11) is 0. The number of aliphatic imine (C=N–C) groups is 1. The molecule has 2 fully saturated rings. The zero-order valence-corrected chi connectivity index (χ0v) is 19.2. The SMILES string of the molecule is CCNC(=NCc1cccc(CN2CCCC2=O)c1)NC1CCN(C(=O)C(C)C)CC1. The number of rotatable bonds is 7. The van der Waals surface area contributed by atoms with Crippen molar-refractivity contribution >= 4 is 17.8 Å². The molecule has 2 aliphatic heterocycles. The molecule has 0 unspecified atom stereocenters. The smallest absolute Gasteiger partial charge is 0.225 e. The van der Waals surface area contributed by atoms with Crippen LogP contribution in [0.1, 0.15) is 57.6 Å². The Morgan fingerprint density at radius 3 is 2.58 bits per heavy atom. The van der Waals surface area contributed by atoms with Gasteiger partial charge in [-0.15, -0.1) is 0 Å². The Bertz CT molecular complexity index is 784. The molecule has 1 aromatic carbocycles. The predicted octanol–water partition coefficient (Wildman–Crippen LogP) is 2.51. The molecule has 1 aromatic rings. The van der Waals surface area contributed by atoms with Crippen molar-refractivity contribution in [1.82, 2.24) is 20.4 Å². The molecule has 0 spiro atoms. The molecule has 0 atom stereocenters. The number of nitrogens with zero attached hydrogens (tertiary/aromatic N) is 3. The van der Waals surface area contributed by atoms with Crippen molar-refractivity contribution in [1.29, 1.82) is 0 Å². The fourth-order valence-electron chi connectivity index (χ4n) is 4.21. The van der Waals surface area contributed by atoms with E-state index in [2.05, 4.69) is 35.8 Å². The number of carbonyl (C=O) groups is 2. The number of hydrogen-bond donors (Lipinski definition) is 2. The molecule has 3 rings (SSSR count). The topological polar surface area (TPSA) is 77.0 Å². The summed E-state index contributed by atoms with van der Waals surface area (Å²) < 4.78 is 0. The van der Waals surface area contributed by atoms with E-state index in [4.69, 9.17) is 4.99 Å². The highest BCUT2D eigenvalue weighted by Crippen LogP contribution is 2.16. The van der Waals surface area contributed by atoms with Crippen molar-refractivity contribution in [3.05, 3.63) is 35.4 Å². The Kier molecular flexibility index (Phi) is 8.32. The zero-order valence-electron chi connectivity index (χ0n) is 19.2. The minimum atomic E-state index is 0.0581. The van der Waals surface area contributed by atoms with E-state index in [-0.39, 0.29) is 17.7 Å². The van der Waals surface area contributed by atoms with Crippen LogP contribution in [-0.4, -0.2) is 59.8 Å². The second kappa shape index (κ2) is 11.2. The molecule has 0 bridgehead atoms. The molecule has 2 amide bonds. The Labute approximate surface area is 186 Å². The summed E-state index contributed by atoms with van der Waals surface area (Å²) >= 11 is 0. The van der Waals surface area contributed by atoms with Gasteiger partial charge in [0, 0.05) is 51.1 Å². The van der Waals surface area contributed by atoms with Crippen LogP contribution in [0.3, 0.4) is 0 Å². The maximum atomic E-state index is 12.2. The van der Waals surface area contributed by atoms with E-state index >= 15 is 0 Å². The number of nitrogens with one attached hydrogen (secondary N) is 2. The Balaban J connectivity index is 1.54. The van der Waals surface area contributed by atoms with E-state index in [9.17, 15) is 9.59 Å². The van der Waals surface area contributed by atoms with Crippen LogP contribution in [0.15, 0.2) is 29.3 Å². The first-order chi connectivity index (χ1) is 15.0. The van der Waals surface area contributed by atoms with E-state index in [0.717, 1.165) is 62.5 Å². The molecule has 7 nitrogen and oxygen atoms in total. The molecule has 0 aliphatic carbocycles. The van der Waals surface area contributed by atoms with Gasteiger partial charge < -0.3 is 20.4 Å². The van der Waals surface area contributed by atoms with Crippen LogP contribution in [0.5, 0.6) is 0 Å². The summed E-state index contributed by atoms with van der Waals surface area (Å²) in [6.45, 7) is 10.5. The van der Waals surface area contributed by atoms with Gasteiger partial charge in [0.15, 0.2) is 5.96 Å². The summed E-state index contributed by atoms with van der Waals surface area (Å²) in [5.41, 5.74) is 2.29. The predicted molar refractivity (Wildman–Crippen MR) is 123 cm³/mol. The number of amides is 2. The van der Waals surface area contributed by atoms with Crippen LogP contribution in [0.2, 0.25) is 0 Å². The first kappa shape index (κ1) is 23.1. The van der Waals surface area contributed by atoms with Gasteiger partial charge in [-0.1, -0.05) is 38.1 Å². The lowest BCUT2D eigenvalue weighted by Gasteiger charge is -2.34. The van der Waals surface area contributed by atoms with Crippen molar-refractivity contribution in [2.45, 2.75) is 65.6 Å². The molecule has 7 heteroatoms. The third-order valence-corrected chi connectivity index (χ3v) is 5.94. The number of hydrogen-bond acceptors (Lipinski definition) is 3. The molecule has 31 heavy (non-hydrogen) atoms. The molecule has 2 heterocycles. The van der Waals surface area contributed by atoms with Gasteiger partial charge in [0.25, 0.3) is 0 Å². The lowest BCUT2D eigenvalue weighted by atomic mass is 10.0. The van der Waals surface area contributed by atoms with E-state index in [1.807, 2.05) is 29.7 Å². The van der Waals surface area contributed by atoms with Gasteiger partial charge in [0.1, 0.15) is 0 Å². The Morgan fingerprint density at radius 1 is 1.19 bits per heavy atom. The lowest BCUT2D eigenvalue weighted by Crippen LogP contribution is -2.50. The highest BCUT2D eigenvalue weighted by atomic mass is 16.2.